The normalized spacial score (nSPS) is 10.3. The summed E-state index contributed by atoms with van der Waals surface area (Å²) in [4.78, 5) is 65.1. The van der Waals surface area contributed by atoms with Crippen LogP contribution < -0.4 is 33.0 Å². The summed E-state index contributed by atoms with van der Waals surface area (Å²) in [7, 11) is 0. The Morgan fingerprint density at radius 2 is 1.54 bits per heavy atom. The topological polar surface area (TPSA) is 268 Å². The van der Waals surface area contributed by atoms with E-state index >= 15 is 0 Å². The molecular formula is C34H37F6N9O7. The number of carbonyl (C=O) groups is 4. The van der Waals surface area contributed by atoms with E-state index in [2.05, 4.69) is 25.9 Å². The second kappa shape index (κ2) is 22.9. The first-order valence-electron chi connectivity index (χ1n) is 15.6. The predicted octanol–water partition coefficient (Wildman–Crippen LogP) is 3.75. The van der Waals surface area contributed by atoms with E-state index in [0.717, 1.165) is 11.1 Å². The van der Waals surface area contributed by atoms with Crippen LogP contribution in [0.15, 0.2) is 78.0 Å². The largest absolute Gasteiger partial charge is 0.490 e. The number of nitrogen functional groups attached to an aromatic ring is 2. The summed E-state index contributed by atoms with van der Waals surface area (Å²) in [6, 6.07) is 15.2. The van der Waals surface area contributed by atoms with Crippen molar-refractivity contribution in [3.8, 4) is 11.3 Å². The minimum absolute atomic E-state index is 0.0447. The van der Waals surface area contributed by atoms with Gasteiger partial charge in [0.1, 0.15) is 12.4 Å². The molecule has 2 heterocycles. The maximum absolute atomic E-state index is 13.5. The Balaban J connectivity index is 0.000000961. The molecule has 0 saturated heterocycles. The number of benzene rings is 2. The summed E-state index contributed by atoms with van der Waals surface area (Å²) in [5.41, 5.74) is 14.8. The zero-order chi connectivity index (χ0) is 42.6. The maximum Gasteiger partial charge on any atom is 0.490 e. The highest BCUT2D eigenvalue weighted by Gasteiger charge is 2.38. The number of aromatic nitrogens is 3. The highest BCUT2D eigenvalue weighted by Crippen LogP contribution is 2.24. The van der Waals surface area contributed by atoms with Gasteiger partial charge in [-0.05, 0) is 49.2 Å². The molecule has 0 fully saturated rings. The number of aliphatic carboxylic acids is 1. The molecule has 0 bridgehead atoms. The van der Waals surface area contributed by atoms with Crippen molar-refractivity contribution in [3.05, 3.63) is 106 Å². The van der Waals surface area contributed by atoms with Gasteiger partial charge in [0.25, 0.3) is 17.9 Å². The maximum atomic E-state index is 13.5. The lowest BCUT2D eigenvalue weighted by Crippen LogP contribution is -2.35. The average molecular weight is 798 g/mol. The quantitative estimate of drug-likeness (QED) is 0.0355. The van der Waals surface area contributed by atoms with E-state index in [1.54, 1.807) is 54.9 Å². The van der Waals surface area contributed by atoms with Gasteiger partial charge in [-0.25, -0.2) is 9.78 Å². The van der Waals surface area contributed by atoms with Crippen molar-refractivity contribution in [2.24, 2.45) is 5.73 Å². The summed E-state index contributed by atoms with van der Waals surface area (Å²) >= 11 is 0. The fraction of sp³-hybridized carbons (Fsp3) is 0.235. The van der Waals surface area contributed by atoms with E-state index in [-0.39, 0.29) is 55.3 Å². The van der Waals surface area contributed by atoms with Crippen molar-refractivity contribution < 1.29 is 55.7 Å². The van der Waals surface area contributed by atoms with Crippen LogP contribution in [-0.4, -0.2) is 73.7 Å². The Morgan fingerprint density at radius 1 is 0.964 bits per heavy atom. The van der Waals surface area contributed by atoms with Gasteiger partial charge in [0, 0.05) is 53.9 Å². The lowest BCUT2D eigenvalue weighted by molar-refractivity contribution is -0.192. The molecule has 0 aliphatic rings. The number of rotatable bonds is 11. The van der Waals surface area contributed by atoms with Gasteiger partial charge in [-0.1, -0.05) is 30.3 Å². The van der Waals surface area contributed by atoms with E-state index in [0.29, 0.717) is 22.5 Å². The molecule has 4 rings (SSSR count). The number of hydrogen-bond donors (Lipinski definition) is 8. The second-order valence-electron chi connectivity index (χ2n) is 11.1. The van der Waals surface area contributed by atoms with Gasteiger partial charge in [0.2, 0.25) is 5.91 Å². The summed E-state index contributed by atoms with van der Waals surface area (Å²) < 4.78 is 62.0. The lowest BCUT2D eigenvalue weighted by atomic mass is 10.1. The average Bonchev–Trinajstić information content (AvgIpc) is 3.11. The van der Waals surface area contributed by atoms with Crippen LogP contribution in [0.1, 0.15) is 40.9 Å². The fourth-order valence-corrected chi connectivity index (χ4v) is 4.17. The van der Waals surface area contributed by atoms with Crippen molar-refractivity contribution in [1.29, 1.82) is 5.41 Å². The number of nitrogens with zero attached hydrogens (tertiary/aromatic N) is 3. The number of nitrogens with two attached hydrogens (primary N) is 2. The molecule has 2 aromatic carbocycles. The van der Waals surface area contributed by atoms with Gasteiger partial charge < -0.3 is 37.6 Å². The second-order valence-corrected chi connectivity index (χ2v) is 11.1. The van der Waals surface area contributed by atoms with E-state index in [4.69, 9.17) is 36.7 Å². The lowest BCUT2D eigenvalue weighted by Gasteiger charge is -2.17. The highest BCUT2D eigenvalue weighted by molar-refractivity contribution is 5.96. The Morgan fingerprint density at radius 3 is 2.04 bits per heavy atom. The molecule has 0 spiro atoms. The molecule has 302 valence electrons. The van der Waals surface area contributed by atoms with Gasteiger partial charge in [-0.15, -0.1) is 0 Å². The Hall–Kier alpha value is -7.00. The number of amidine groups is 1. The van der Waals surface area contributed by atoms with Gasteiger partial charge >= 0.3 is 18.8 Å². The highest BCUT2D eigenvalue weighted by atomic mass is 19.4. The monoisotopic (exact) mass is 797 g/mol. The molecule has 10 N–H and O–H groups in total. The first kappa shape index (κ1) is 47.0. The molecule has 0 atom stereocenters. The Bertz CT molecular complexity index is 1980. The molecule has 2 aromatic heterocycles. The van der Waals surface area contributed by atoms with Crippen LogP contribution in [0.25, 0.3) is 11.3 Å². The van der Waals surface area contributed by atoms with Crippen molar-refractivity contribution >= 4 is 41.6 Å². The van der Waals surface area contributed by atoms with Crippen molar-refractivity contribution in [2.75, 3.05) is 11.1 Å². The van der Waals surface area contributed by atoms with Gasteiger partial charge in [0.15, 0.2) is 5.82 Å². The van der Waals surface area contributed by atoms with E-state index < -0.39 is 30.3 Å². The van der Waals surface area contributed by atoms with Crippen molar-refractivity contribution in [2.45, 2.75) is 52.4 Å². The number of carboxylic acids is 1. The zero-order valence-electron chi connectivity index (χ0n) is 29.5. The van der Waals surface area contributed by atoms with Crippen LogP contribution in [0.3, 0.4) is 0 Å². The third-order valence-corrected chi connectivity index (χ3v) is 6.47. The van der Waals surface area contributed by atoms with Crippen LogP contribution in [0.5, 0.6) is 0 Å². The number of carboxylic acid groups (broad SMARTS) is 2. The first-order valence-corrected chi connectivity index (χ1v) is 15.6. The molecule has 0 radical (unpaired) electrons. The number of pyridine rings is 1. The number of alkyl halides is 6. The van der Waals surface area contributed by atoms with E-state index in [1.807, 2.05) is 19.9 Å². The predicted molar refractivity (Wildman–Crippen MR) is 191 cm³/mol. The third kappa shape index (κ3) is 17.2. The molecule has 56 heavy (non-hydrogen) atoms. The summed E-state index contributed by atoms with van der Waals surface area (Å²) in [6.07, 6.45) is -0.293. The SMILES string of the molecule is CC(C)Nc1ncc(-c2cc(N)cc(C(=O)NCc3cccnc3)c2)n(CC(=O)NCc2ccc(C(=N)N)cc2)c1=O.FC(F)F.O=C(O)C(F)(F)F.O=CO. The summed E-state index contributed by atoms with van der Waals surface area (Å²) in [6.45, 7) is 0.0148. The fourth-order valence-electron chi connectivity index (χ4n) is 4.17. The smallest absolute Gasteiger partial charge is 0.483 e. The molecule has 0 unspecified atom stereocenters. The minimum atomic E-state index is -5.08. The van der Waals surface area contributed by atoms with Gasteiger partial charge in [0.05, 0.1) is 11.9 Å². The van der Waals surface area contributed by atoms with Gasteiger partial charge in [-0.2, -0.15) is 26.3 Å². The van der Waals surface area contributed by atoms with Crippen LogP contribution in [0, 0.1) is 5.41 Å². The van der Waals surface area contributed by atoms with Crippen LogP contribution in [0.4, 0.5) is 37.8 Å². The summed E-state index contributed by atoms with van der Waals surface area (Å²) in [5, 5.41) is 30.2. The standard InChI is InChI=1S/C30H33N9O3.C2HF3O2.CHF3.CH2O2/c1-18(2)38-28-30(42)39(17-26(40)35-14-19-5-7-21(8-6-19)27(32)33)25(16-36-28)22-10-23(12-24(31)11-22)29(41)37-15-20-4-3-9-34-13-20;3-2(4,5)1(6)7;2-1(3)4;2-1-3/h3-13,16,18H,14-15,17,31H2,1-2H3,(H3,32,33)(H,35,40)(H,36,38)(H,37,41);(H,6,7);1H;1H,(H,2,3). The molecule has 4 aromatic rings. The molecule has 2 amide bonds. The number of amides is 2. The molecule has 0 saturated carbocycles. The number of halogens is 6. The molecule has 22 heteroatoms. The minimum Gasteiger partial charge on any atom is -0.483 e. The first-order chi connectivity index (χ1) is 26.2. The van der Waals surface area contributed by atoms with Crippen molar-refractivity contribution in [3.63, 3.8) is 0 Å². The van der Waals surface area contributed by atoms with Crippen LogP contribution in [0.2, 0.25) is 0 Å². The Kier molecular flexibility index (Phi) is 19.3. The molecule has 0 aliphatic heterocycles. The molecule has 16 nitrogen and oxygen atoms in total. The number of nitrogens with one attached hydrogen (secondary N) is 4. The van der Waals surface area contributed by atoms with E-state index in [9.17, 15) is 40.7 Å². The summed E-state index contributed by atoms with van der Waals surface area (Å²) in [5.74, 6) is -3.47. The molecular weight excluding hydrogens is 760 g/mol. The zero-order valence-corrected chi connectivity index (χ0v) is 29.5. The number of anilines is 2. The van der Waals surface area contributed by atoms with E-state index in [1.165, 1.54) is 16.8 Å². The van der Waals surface area contributed by atoms with Gasteiger partial charge in [-0.3, -0.25) is 34.1 Å². The van der Waals surface area contributed by atoms with Crippen LogP contribution in [-0.2, 0) is 34.0 Å². The van der Waals surface area contributed by atoms with Crippen molar-refractivity contribution in [1.82, 2.24) is 25.2 Å². The third-order valence-electron chi connectivity index (χ3n) is 6.47. The Labute approximate surface area is 314 Å². The number of carbonyl (C=O) groups excluding carboxylic acids is 2. The van der Waals surface area contributed by atoms with Crippen LogP contribution >= 0.6 is 0 Å². The number of hydrogen-bond acceptors (Lipinski definition) is 10. The molecule has 0 aliphatic carbocycles.